The SMILES string of the molecule is COc1ccc(OC)c(CNCCc2ccccn2)c1. The number of nitrogens with one attached hydrogen (secondary N) is 1. The average Bonchev–Trinajstić information content (AvgIpc) is 2.52. The molecule has 0 bridgehead atoms. The second-order valence-corrected chi connectivity index (χ2v) is 4.43. The molecule has 0 fully saturated rings. The zero-order chi connectivity index (χ0) is 14.2. The second kappa shape index (κ2) is 7.50. The van der Waals surface area contributed by atoms with Crippen LogP contribution >= 0.6 is 0 Å². The highest BCUT2D eigenvalue weighted by Crippen LogP contribution is 2.23. The summed E-state index contributed by atoms with van der Waals surface area (Å²) in [6.07, 6.45) is 2.73. The van der Waals surface area contributed by atoms with Gasteiger partial charge in [0, 0.05) is 37.0 Å². The van der Waals surface area contributed by atoms with Crippen LogP contribution in [0.25, 0.3) is 0 Å². The fourth-order valence-corrected chi connectivity index (χ4v) is 2.01. The van der Waals surface area contributed by atoms with E-state index in [0.29, 0.717) is 0 Å². The summed E-state index contributed by atoms with van der Waals surface area (Å²) < 4.78 is 10.6. The molecule has 106 valence electrons. The Morgan fingerprint density at radius 3 is 2.70 bits per heavy atom. The van der Waals surface area contributed by atoms with Crippen LogP contribution in [0.5, 0.6) is 11.5 Å². The maximum absolute atomic E-state index is 5.35. The maximum atomic E-state index is 5.35. The van der Waals surface area contributed by atoms with Crippen molar-refractivity contribution in [1.82, 2.24) is 10.3 Å². The van der Waals surface area contributed by atoms with Gasteiger partial charge in [0.25, 0.3) is 0 Å². The summed E-state index contributed by atoms with van der Waals surface area (Å²) in [7, 11) is 3.35. The normalized spacial score (nSPS) is 10.3. The van der Waals surface area contributed by atoms with Crippen molar-refractivity contribution in [3.8, 4) is 11.5 Å². The molecule has 1 N–H and O–H groups in total. The molecule has 0 radical (unpaired) electrons. The third kappa shape index (κ3) is 3.96. The van der Waals surface area contributed by atoms with Crippen molar-refractivity contribution in [1.29, 1.82) is 0 Å². The minimum Gasteiger partial charge on any atom is -0.497 e. The van der Waals surface area contributed by atoms with Crippen molar-refractivity contribution in [2.45, 2.75) is 13.0 Å². The van der Waals surface area contributed by atoms with E-state index in [1.54, 1.807) is 14.2 Å². The van der Waals surface area contributed by atoms with Gasteiger partial charge in [-0.15, -0.1) is 0 Å². The van der Waals surface area contributed by atoms with Gasteiger partial charge in [0.2, 0.25) is 0 Å². The highest BCUT2D eigenvalue weighted by molar-refractivity contribution is 5.40. The van der Waals surface area contributed by atoms with Gasteiger partial charge in [0.15, 0.2) is 0 Å². The Balaban J connectivity index is 1.87. The maximum Gasteiger partial charge on any atom is 0.123 e. The Kier molecular flexibility index (Phi) is 5.38. The van der Waals surface area contributed by atoms with Crippen molar-refractivity contribution in [2.75, 3.05) is 20.8 Å². The lowest BCUT2D eigenvalue weighted by Gasteiger charge is -2.11. The molecule has 1 aromatic heterocycles. The molecule has 4 heteroatoms. The van der Waals surface area contributed by atoms with E-state index in [1.807, 2.05) is 42.6 Å². The van der Waals surface area contributed by atoms with Crippen LogP contribution in [0.4, 0.5) is 0 Å². The molecule has 0 unspecified atom stereocenters. The number of methoxy groups -OCH3 is 2. The summed E-state index contributed by atoms with van der Waals surface area (Å²) in [6.45, 7) is 1.62. The van der Waals surface area contributed by atoms with Gasteiger partial charge in [-0.25, -0.2) is 0 Å². The molecule has 20 heavy (non-hydrogen) atoms. The number of pyridine rings is 1. The standard InChI is InChI=1S/C16H20N2O2/c1-19-15-6-7-16(20-2)13(11-15)12-17-10-8-14-5-3-4-9-18-14/h3-7,9,11,17H,8,10,12H2,1-2H3. The van der Waals surface area contributed by atoms with E-state index in [4.69, 9.17) is 9.47 Å². The Hall–Kier alpha value is -2.07. The molecule has 0 saturated heterocycles. The van der Waals surface area contributed by atoms with Gasteiger partial charge < -0.3 is 14.8 Å². The third-order valence-corrected chi connectivity index (χ3v) is 3.09. The lowest BCUT2D eigenvalue weighted by molar-refractivity contribution is 0.397. The van der Waals surface area contributed by atoms with Gasteiger partial charge in [-0.1, -0.05) is 6.07 Å². The molecule has 0 amide bonds. The largest absolute Gasteiger partial charge is 0.497 e. The first-order valence-electron chi connectivity index (χ1n) is 6.65. The van der Waals surface area contributed by atoms with Crippen LogP contribution in [0, 0.1) is 0 Å². The van der Waals surface area contributed by atoms with Crippen LogP contribution in [0.3, 0.4) is 0 Å². The molecule has 0 saturated carbocycles. The van der Waals surface area contributed by atoms with Crippen molar-refractivity contribution < 1.29 is 9.47 Å². The summed E-state index contributed by atoms with van der Waals surface area (Å²) in [6, 6.07) is 11.8. The fourth-order valence-electron chi connectivity index (χ4n) is 2.01. The van der Waals surface area contributed by atoms with Crippen molar-refractivity contribution in [3.05, 3.63) is 53.9 Å². The van der Waals surface area contributed by atoms with E-state index < -0.39 is 0 Å². The summed E-state index contributed by atoms with van der Waals surface area (Å²) in [5, 5.41) is 3.40. The molecular formula is C16H20N2O2. The van der Waals surface area contributed by atoms with Gasteiger partial charge in [0.05, 0.1) is 14.2 Å². The fraction of sp³-hybridized carbons (Fsp3) is 0.312. The Bertz CT molecular complexity index is 529. The first-order chi connectivity index (χ1) is 9.83. The second-order valence-electron chi connectivity index (χ2n) is 4.43. The summed E-state index contributed by atoms with van der Waals surface area (Å²) in [5.41, 5.74) is 2.19. The van der Waals surface area contributed by atoms with Gasteiger partial charge in [-0.2, -0.15) is 0 Å². The molecule has 2 aromatic rings. The number of nitrogens with zero attached hydrogens (tertiary/aromatic N) is 1. The monoisotopic (exact) mass is 272 g/mol. The van der Waals surface area contributed by atoms with E-state index in [0.717, 1.165) is 42.3 Å². The van der Waals surface area contributed by atoms with Gasteiger partial charge >= 0.3 is 0 Å². The van der Waals surface area contributed by atoms with E-state index in [9.17, 15) is 0 Å². The quantitative estimate of drug-likeness (QED) is 0.786. The van der Waals surface area contributed by atoms with Gasteiger partial charge in [-0.3, -0.25) is 4.98 Å². The third-order valence-electron chi connectivity index (χ3n) is 3.09. The Morgan fingerprint density at radius 2 is 2.00 bits per heavy atom. The smallest absolute Gasteiger partial charge is 0.123 e. The lowest BCUT2D eigenvalue weighted by Crippen LogP contribution is -2.17. The van der Waals surface area contributed by atoms with Crippen molar-refractivity contribution in [3.63, 3.8) is 0 Å². The zero-order valence-electron chi connectivity index (χ0n) is 11.9. The van der Waals surface area contributed by atoms with Crippen LogP contribution in [0.1, 0.15) is 11.3 Å². The first kappa shape index (κ1) is 14.3. The predicted octanol–water partition coefficient (Wildman–Crippen LogP) is 2.43. The van der Waals surface area contributed by atoms with E-state index >= 15 is 0 Å². The van der Waals surface area contributed by atoms with Crippen LogP contribution in [0.15, 0.2) is 42.6 Å². The number of hydrogen-bond donors (Lipinski definition) is 1. The number of aromatic nitrogens is 1. The number of ether oxygens (including phenoxy) is 2. The first-order valence-corrected chi connectivity index (χ1v) is 6.65. The molecule has 1 aromatic carbocycles. The van der Waals surface area contributed by atoms with Crippen LogP contribution in [-0.4, -0.2) is 25.7 Å². The molecule has 1 heterocycles. The number of rotatable bonds is 7. The molecule has 2 rings (SSSR count). The topological polar surface area (TPSA) is 43.4 Å². The molecule has 0 atom stereocenters. The van der Waals surface area contributed by atoms with E-state index in [-0.39, 0.29) is 0 Å². The highest BCUT2D eigenvalue weighted by Gasteiger charge is 2.04. The van der Waals surface area contributed by atoms with Crippen LogP contribution < -0.4 is 14.8 Å². The molecular weight excluding hydrogens is 252 g/mol. The Morgan fingerprint density at radius 1 is 1.10 bits per heavy atom. The minimum absolute atomic E-state index is 0.743. The summed E-state index contributed by atoms with van der Waals surface area (Å²) in [4.78, 5) is 4.30. The van der Waals surface area contributed by atoms with E-state index in [2.05, 4.69) is 10.3 Å². The molecule has 0 aliphatic carbocycles. The molecule has 0 aliphatic heterocycles. The van der Waals surface area contributed by atoms with Crippen LogP contribution in [0.2, 0.25) is 0 Å². The highest BCUT2D eigenvalue weighted by atomic mass is 16.5. The van der Waals surface area contributed by atoms with Gasteiger partial charge in [-0.05, 0) is 30.3 Å². The van der Waals surface area contributed by atoms with Crippen molar-refractivity contribution in [2.24, 2.45) is 0 Å². The molecule has 4 nitrogen and oxygen atoms in total. The average molecular weight is 272 g/mol. The van der Waals surface area contributed by atoms with Crippen molar-refractivity contribution >= 4 is 0 Å². The zero-order valence-corrected chi connectivity index (χ0v) is 11.9. The molecule has 0 spiro atoms. The lowest BCUT2D eigenvalue weighted by atomic mass is 10.2. The Labute approximate surface area is 119 Å². The number of benzene rings is 1. The van der Waals surface area contributed by atoms with Crippen LogP contribution in [-0.2, 0) is 13.0 Å². The predicted molar refractivity (Wildman–Crippen MR) is 79.2 cm³/mol. The summed E-state index contributed by atoms with van der Waals surface area (Å²) >= 11 is 0. The van der Waals surface area contributed by atoms with E-state index in [1.165, 1.54) is 0 Å². The number of hydrogen-bond acceptors (Lipinski definition) is 4. The minimum atomic E-state index is 0.743. The summed E-state index contributed by atoms with van der Waals surface area (Å²) in [5.74, 6) is 1.71. The van der Waals surface area contributed by atoms with Gasteiger partial charge in [0.1, 0.15) is 11.5 Å². The molecule has 0 aliphatic rings.